The zero-order chi connectivity index (χ0) is 14.6. The van der Waals surface area contributed by atoms with Crippen molar-refractivity contribution in [3.63, 3.8) is 0 Å². The molecule has 5 nitrogen and oxygen atoms in total. The van der Waals surface area contributed by atoms with Gasteiger partial charge in [-0.25, -0.2) is 0 Å². The summed E-state index contributed by atoms with van der Waals surface area (Å²) in [4.78, 5) is 5.00. The molecule has 0 bridgehead atoms. The lowest BCUT2D eigenvalue weighted by Crippen LogP contribution is -2.57. The number of nitrogens with one attached hydrogen (secondary N) is 2. The summed E-state index contributed by atoms with van der Waals surface area (Å²) >= 11 is 7.35. The van der Waals surface area contributed by atoms with Crippen LogP contribution in [0.15, 0.2) is 8.95 Å². The van der Waals surface area contributed by atoms with Crippen LogP contribution in [0.25, 0.3) is 0 Å². The molecule has 4 rings (SSSR count). The van der Waals surface area contributed by atoms with E-state index in [9.17, 15) is 0 Å². The van der Waals surface area contributed by atoms with Gasteiger partial charge in [0.05, 0.1) is 21.5 Å². The predicted molar refractivity (Wildman–Crippen MR) is 93.8 cm³/mol. The summed E-state index contributed by atoms with van der Waals surface area (Å²) in [5.41, 5.74) is 10.9. The Bertz CT molecular complexity index is 585. The van der Waals surface area contributed by atoms with Crippen LogP contribution in [-0.4, -0.2) is 43.9 Å². The summed E-state index contributed by atoms with van der Waals surface area (Å²) in [5.74, 6) is 0. The third-order valence-electron chi connectivity index (χ3n) is 4.67. The van der Waals surface area contributed by atoms with E-state index in [1.54, 1.807) is 0 Å². The van der Waals surface area contributed by atoms with Gasteiger partial charge in [0, 0.05) is 37.2 Å². The topological polar surface area (TPSA) is 56.6 Å². The van der Waals surface area contributed by atoms with E-state index in [0.29, 0.717) is 0 Å². The van der Waals surface area contributed by atoms with E-state index in [0.717, 1.165) is 59.5 Å². The highest BCUT2D eigenvalue weighted by molar-refractivity contribution is 9.13. The molecule has 4 N–H and O–H groups in total. The number of halogens is 2. The molecule has 1 fully saturated rings. The summed E-state index contributed by atoms with van der Waals surface area (Å²) in [6, 6.07) is 0. The van der Waals surface area contributed by atoms with Crippen molar-refractivity contribution in [2.24, 2.45) is 0 Å². The second kappa shape index (κ2) is 5.30. The van der Waals surface area contributed by atoms with Gasteiger partial charge in [0.2, 0.25) is 0 Å². The van der Waals surface area contributed by atoms with Crippen LogP contribution in [-0.2, 0) is 6.42 Å². The maximum absolute atomic E-state index is 6.34. The highest BCUT2D eigenvalue weighted by Gasteiger charge is 2.39. The van der Waals surface area contributed by atoms with Gasteiger partial charge in [0.25, 0.3) is 0 Å². The largest absolute Gasteiger partial charge is 0.396 e. The second-order valence-electron chi connectivity index (χ2n) is 5.84. The Morgan fingerprint density at radius 2 is 1.86 bits per heavy atom. The predicted octanol–water partition coefficient (Wildman–Crippen LogP) is 2.16. The number of benzene rings is 1. The van der Waals surface area contributed by atoms with Crippen molar-refractivity contribution < 1.29 is 0 Å². The van der Waals surface area contributed by atoms with Crippen molar-refractivity contribution in [2.75, 3.05) is 48.7 Å². The second-order valence-corrected chi connectivity index (χ2v) is 7.43. The van der Waals surface area contributed by atoms with Crippen molar-refractivity contribution in [1.29, 1.82) is 0 Å². The fraction of sp³-hybridized carbons (Fsp3) is 0.571. The third kappa shape index (κ3) is 2.09. The van der Waals surface area contributed by atoms with E-state index >= 15 is 0 Å². The van der Waals surface area contributed by atoms with Gasteiger partial charge in [0.15, 0.2) is 6.29 Å². The van der Waals surface area contributed by atoms with Gasteiger partial charge in [-0.1, -0.05) is 0 Å². The first-order valence-corrected chi connectivity index (χ1v) is 9.04. The smallest absolute Gasteiger partial charge is 0.158 e. The summed E-state index contributed by atoms with van der Waals surface area (Å²) in [5, 5.41) is 7.09. The first kappa shape index (κ1) is 14.1. The van der Waals surface area contributed by atoms with Crippen molar-refractivity contribution >= 4 is 48.9 Å². The molecule has 0 aromatic heterocycles. The molecule has 0 spiro atoms. The van der Waals surface area contributed by atoms with Gasteiger partial charge >= 0.3 is 0 Å². The summed E-state index contributed by atoms with van der Waals surface area (Å²) in [7, 11) is 0. The Morgan fingerprint density at radius 3 is 2.62 bits per heavy atom. The van der Waals surface area contributed by atoms with Gasteiger partial charge in [-0.05, 0) is 50.3 Å². The van der Waals surface area contributed by atoms with E-state index in [4.69, 9.17) is 5.73 Å². The Hall–Kier alpha value is -0.500. The Morgan fingerprint density at radius 1 is 1.10 bits per heavy atom. The van der Waals surface area contributed by atoms with E-state index in [1.165, 1.54) is 17.7 Å². The first-order chi connectivity index (χ1) is 10.2. The number of nitrogens with two attached hydrogens (primary N) is 1. The van der Waals surface area contributed by atoms with Crippen LogP contribution >= 0.6 is 31.9 Å². The number of nitrogens with zero attached hydrogens (tertiary/aromatic N) is 2. The maximum Gasteiger partial charge on any atom is 0.158 e. The lowest BCUT2D eigenvalue weighted by atomic mass is 10.0. The average Bonchev–Trinajstić information content (AvgIpc) is 2.92. The van der Waals surface area contributed by atoms with E-state index in [-0.39, 0.29) is 6.29 Å². The number of hydrogen-bond acceptors (Lipinski definition) is 5. The van der Waals surface area contributed by atoms with Crippen LogP contribution in [0, 0.1) is 0 Å². The molecule has 1 saturated heterocycles. The summed E-state index contributed by atoms with van der Waals surface area (Å²) in [6.07, 6.45) is 2.53. The highest BCUT2D eigenvalue weighted by atomic mass is 79.9. The molecule has 114 valence electrons. The SMILES string of the molecule is Nc1c(Br)c(Br)c2c3c1NC(N1CCNCC1)N3CCC2. The fourth-order valence-corrected chi connectivity index (χ4v) is 4.68. The fourth-order valence-electron chi connectivity index (χ4n) is 3.64. The van der Waals surface area contributed by atoms with Crippen LogP contribution in [0.4, 0.5) is 17.1 Å². The molecule has 3 heterocycles. The van der Waals surface area contributed by atoms with Crippen LogP contribution < -0.4 is 21.3 Å². The number of hydrogen-bond donors (Lipinski definition) is 3. The lowest BCUT2D eigenvalue weighted by Gasteiger charge is -2.40. The third-order valence-corrected chi connectivity index (χ3v) is 6.90. The Labute approximate surface area is 141 Å². The minimum atomic E-state index is 0.240. The molecule has 1 aromatic carbocycles. The molecule has 1 atom stereocenters. The first-order valence-electron chi connectivity index (χ1n) is 7.45. The van der Waals surface area contributed by atoms with Gasteiger partial charge in [0.1, 0.15) is 0 Å². The van der Waals surface area contributed by atoms with E-state index < -0.39 is 0 Å². The van der Waals surface area contributed by atoms with Crippen LogP contribution in [0.3, 0.4) is 0 Å². The normalized spacial score (nSPS) is 24.9. The molecule has 3 aliphatic heterocycles. The minimum absolute atomic E-state index is 0.240. The molecule has 21 heavy (non-hydrogen) atoms. The van der Waals surface area contributed by atoms with Gasteiger partial charge in [-0.15, -0.1) is 0 Å². The van der Waals surface area contributed by atoms with Gasteiger partial charge in [-0.2, -0.15) is 0 Å². The molecule has 3 aliphatic rings. The van der Waals surface area contributed by atoms with Crippen molar-refractivity contribution in [3.05, 3.63) is 14.5 Å². The minimum Gasteiger partial charge on any atom is -0.396 e. The molecule has 0 aliphatic carbocycles. The molecule has 0 radical (unpaired) electrons. The highest BCUT2D eigenvalue weighted by Crippen LogP contribution is 2.51. The average molecular weight is 417 g/mol. The van der Waals surface area contributed by atoms with E-state index in [2.05, 4.69) is 52.3 Å². The Kier molecular flexibility index (Phi) is 3.56. The standard InChI is InChI=1S/C14H19Br2N5/c15-9-8-2-1-5-21-13(8)12(11(17)10(9)16)19-14(21)20-6-3-18-4-7-20/h14,18-19H,1-7,17H2. The maximum atomic E-state index is 6.34. The van der Waals surface area contributed by atoms with Crippen LogP contribution in [0.1, 0.15) is 12.0 Å². The molecule has 0 amide bonds. The monoisotopic (exact) mass is 415 g/mol. The number of rotatable bonds is 1. The summed E-state index contributed by atoms with van der Waals surface area (Å²) < 4.78 is 2.10. The summed E-state index contributed by atoms with van der Waals surface area (Å²) in [6.45, 7) is 5.34. The van der Waals surface area contributed by atoms with Crippen LogP contribution in [0.2, 0.25) is 0 Å². The quantitative estimate of drug-likeness (QED) is 0.612. The van der Waals surface area contributed by atoms with E-state index in [1.807, 2.05) is 0 Å². The zero-order valence-electron chi connectivity index (χ0n) is 11.8. The molecule has 7 heteroatoms. The molecular weight excluding hydrogens is 398 g/mol. The Balaban J connectivity index is 1.78. The molecule has 1 aromatic rings. The number of anilines is 3. The lowest BCUT2D eigenvalue weighted by molar-refractivity contribution is 0.188. The zero-order valence-corrected chi connectivity index (χ0v) is 14.9. The molecule has 1 unspecified atom stereocenters. The van der Waals surface area contributed by atoms with Gasteiger partial charge < -0.3 is 21.3 Å². The van der Waals surface area contributed by atoms with Crippen LogP contribution in [0.5, 0.6) is 0 Å². The molecule has 0 saturated carbocycles. The van der Waals surface area contributed by atoms with Crippen molar-refractivity contribution in [3.8, 4) is 0 Å². The molecular formula is C14H19Br2N5. The van der Waals surface area contributed by atoms with Gasteiger partial charge in [-0.3, -0.25) is 4.90 Å². The number of nitrogen functional groups attached to an aromatic ring is 1. The number of piperazine rings is 1. The van der Waals surface area contributed by atoms with Crippen molar-refractivity contribution in [2.45, 2.75) is 19.1 Å². The van der Waals surface area contributed by atoms with Crippen molar-refractivity contribution in [1.82, 2.24) is 10.2 Å².